The van der Waals surface area contributed by atoms with Crippen LogP contribution in [0.5, 0.6) is 5.75 Å². The number of amides is 3. The number of hydrazine groups is 1. The van der Waals surface area contributed by atoms with E-state index in [1.165, 1.54) is 10.6 Å². The molecule has 1 unspecified atom stereocenters. The normalized spacial score (nSPS) is 15.8. The molecule has 3 aromatic rings. The van der Waals surface area contributed by atoms with Crippen molar-refractivity contribution in [3.8, 4) is 5.75 Å². The first-order chi connectivity index (χ1) is 19.4. The van der Waals surface area contributed by atoms with E-state index in [1.54, 1.807) is 24.6 Å². The van der Waals surface area contributed by atoms with Gasteiger partial charge in [-0.25, -0.2) is 24.6 Å². The van der Waals surface area contributed by atoms with Gasteiger partial charge >= 0.3 is 12.1 Å². The lowest BCUT2D eigenvalue weighted by atomic mass is 9.86. The summed E-state index contributed by atoms with van der Waals surface area (Å²) < 4.78 is 12.9. The number of nitrogens with zero attached hydrogens (tertiary/aromatic N) is 5. The second kappa shape index (κ2) is 12.2. The molecule has 4 rings (SSSR count). The summed E-state index contributed by atoms with van der Waals surface area (Å²) >= 11 is 0. The van der Waals surface area contributed by atoms with Crippen molar-refractivity contribution in [3.63, 3.8) is 0 Å². The molecule has 2 heterocycles. The molecule has 9 heteroatoms. The van der Waals surface area contributed by atoms with Gasteiger partial charge in [0.2, 0.25) is 0 Å². The number of imidazole rings is 1. The van der Waals surface area contributed by atoms with Crippen LogP contribution in [0.15, 0.2) is 67.3 Å². The Morgan fingerprint density at radius 1 is 1.00 bits per heavy atom. The zero-order valence-corrected chi connectivity index (χ0v) is 25.3. The summed E-state index contributed by atoms with van der Waals surface area (Å²) in [5.74, 6) is 0.792. The highest BCUT2D eigenvalue weighted by Gasteiger charge is 2.43. The Hall–Kier alpha value is -4.01. The van der Waals surface area contributed by atoms with E-state index in [9.17, 15) is 9.59 Å². The fraction of sp³-hybridized carbons (Fsp3) is 0.469. The summed E-state index contributed by atoms with van der Waals surface area (Å²) in [6.45, 7) is 13.6. The molecule has 0 bridgehead atoms. The fourth-order valence-corrected chi connectivity index (χ4v) is 4.86. The van der Waals surface area contributed by atoms with Gasteiger partial charge in [-0.3, -0.25) is 0 Å². The molecule has 0 saturated carbocycles. The quantitative estimate of drug-likeness (QED) is 0.317. The van der Waals surface area contributed by atoms with Gasteiger partial charge in [0.1, 0.15) is 11.4 Å². The molecule has 1 aliphatic rings. The molecule has 1 aliphatic heterocycles. The van der Waals surface area contributed by atoms with E-state index in [2.05, 4.69) is 50.0 Å². The van der Waals surface area contributed by atoms with Crippen LogP contribution in [0.3, 0.4) is 0 Å². The highest BCUT2D eigenvalue weighted by Crippen LogP contribution is 2.33. The zero-order chi connectivity index (χ0) is 29.8. The van der Waals surface area contributed by atoms with Crippen LogP contribution in [-0.4, -0.2) is 68.9 Å². The molecular weight excluding hydrogens is 518 g/mol. The number of urea groups is 1. The first-order valence-corrected chi connectivity index (χ1v) is 14.1. The Labute approximate surface area is 243 Å². The minimum atomic E-state index is -0.705. The van der Waals surface area contributed by atoms with Gasteiger partial charge in [-0.05, 0) is 61.4 Å². The highest BCUT2D eigenvalue weighted by atomic mass is 16.6. The number of methoxy groups -OCH3 is 1. The van der Waals surface area contributed by atoms with E-state index in [-0.39, 0.29) is 24.0 Å². The molecule has 220 valence electrons. The van der Waals surface area contributed by atoms with Gasteiger partial charge in [0.25, 0.3) is 0 Å². The van der Waals surface area contributed by atoms with Gasteiger partial charge in [0, 0.05) is 25.5 Å². The minimum Gasteiger partial charge on any atom is -0.497 e. The molecule has 0 N–H and O–H groups in total. The Bertz CT molecular complexity index is 1290. The summed E-state index contributed by atoms with van der Waals surface area (Å²) in [6.07, 6.45) is 5.34. The number of benzene rings is 2. The summed E-state index contributed by atoms with van der Waals surface area (Å²) in [6, 6.07) is 15.9. The molecule has 41 heavy (non-hydrogen) atoms. The predicted octanol–water partition coefficient (Wildman–Crippen LogP) is 6.06. The molecule has 1 fully saturated rings. The van der Waals surface area contributed by atoms with Gasteiger partial charge in [0.15, 0.2) is 0 Å². The topological polar surface area (TPSA) is 80.1 Å². The lowest BCUT2D eigenvalue weighted by Crippen LogP contribution is -2.51. The maximum Gasteiger partial charge on any atom is 0.429 e. The van der Waals surface area contributed by atoms with Crippen molar-refractivity contribution in [1.82, 2.24) is 24.5 Å². The van der Waals surface area contributed by atoms with Crippen molar-refractivity contribution in [3.05, 3.63) is 83.9 Å². The van der Waals surface area contributed by atoms with Crippen molar-refractivity contribution < 1.29 is 19.1 Å². The smallest absolute Gasteiger partial charge is 0.429 e. The average molecular weight is 562 g/mol. The second-order valence-corrected chi connectivity index (χ2v) is 12.4. The molecule has 0 aliphatic carbocycles. The lowest BCUT2D eigenvalue weighted by Gasteiger charge is -2.33. The lowest BCUT2D eigenvalue weighted by molar-refractivity contribution is -0.0269. The van der Waals surface area contributed by atoms with E-state index in [0.717, 1.165) is 16.9 Å². The number of hydrogen-bond acceptors (Lipinski definition) is 5. The van der Waals surface area contributed by atoms with E-state index in [1.807, 2.05) is 60.7 Å². The Kier molecular flexibility index (Phi) is 8.95. The molecule has 9 nitrogen and oxygen atoms in total. The van der Waals surface area contributed by atoms with E-state index in [4.69, 9.17) is 9.47 Å². The first kappa shape index (κ1) is 30.0. The average Bonchev–Trinajstić information content (AvgIpc) is 3.55. The number of carbonyl (C=O) groups excluding carboxylic acids is 2. The highest BCUT2D eigenvalue weighted by molar-refractivity contribution is 5.80. The van der Waals surface area contributed by atoms with Crippen LogP contribution in [0, 0.1) is 0 Å². The molecule has 2 aromatic carbocycles. The Balaban J connectivity index is 1.63. The van der Waals surface area contributed by atoms with Crippen molar-refractivity contribution in [1.29, 1.82) is 0 Å². The van der Waals surface area contributed by atoms with E-state index >= 15 is 0 Å². The first-order valence-electron chi connectivity index (χ1n) is 14.1. The maximum absolute atomic E-state index is 14.1. The fourth-order valence-electron chi connectivity index (χ4n) is 4.86. The number of hydrogen-bond donors (Lipinski definition) is 0. The number of carbonyl (C=O) groups is 2. The van der Waals surface area contributed by atoms with Crippen molar-refractivity contribution in [2.24, 2.45) is 0 Å². The largest absolute Gasteiger partial charge is 0.497 e. The van der Waals surface area contributed by atoms with Crippen LogP contribution < -0.4 is 4.74 Å². The summed E-state index contributed by atoms with van der Waals surface area (Å²) in [4.78, 5) is 33.5. The molecule has 1 aromatic heterocycles. The standard InChI is InChI=1S/C32H43N5O4/c1-31(2,3)26-12-10-25(11-13-26)28-22-37(29(38)35(28)18-16-24-8-14-27(40-7)15-9-24)36(30(39)41-32(4,5)6)21-20-34-19-17-33-23-34/h8-15,17,19,23,28H,16,18,20-22H2,1-7H3. The summed E-state index contributed by atoms with van der Waals surface area (Å²) in [5, 5.41) is 2.98. The molecule has 1 saturated heterocycles. The van der Waals surface area contributed by atoms with Gasteiger partial charge in [-0.15, -0.1) is 0 Å². The SMILES string of the molecule is COc1ccc(CCN2C(=O)N(N(CCn3ccnc3)C(=O)OC(C)(C)C)CC2c2ccc(C(C)(C)C)cc2)cc1. The molecular formula is C32H43N5O4. The monoisotopic (exact) mass is 561 g/mol. The van der Waals surface area contributed by atoms with Crippen LogP contribution in [0.2, 0.25) is 0 Å². The number of aromatic nitrogens is 2. The summed E-state index contributed by atoms with van der Waals surface area (Å²) in [5.41, 5.74) is 2.67. The van der Waals surface area contributed by atoms with E-state index < -0.39 is 11.7 Å². The van der Waals surface area contributed by atoms with Crippen LogP contribution >= 0.6 is 0 Å². The third kappa shape index (κ3) is 7.60. The zero-order valence-electron chi connectivity index (χ0n) is 25.3. The van der Waals surface area contributed by atoms with Crippen LogP contribution in [0.25, 0.3) is 0 Å². The van der Waals surface area contributed by atoms with E-state index in [0.29, 0.717) is 26.1 Å². The minimum absolute atomic E-state index is 0.0188. The molecule has 0 radical (unpaired) electrons. The van der Waals surface area contributed by atoms with Gasteiger partial charge < -0.3 is 18.9 Å². The van der Waals surface area contributed by atoms with Gasteiger partial charge in [0.05, 0.1) is 32.6 Å². The van der Waals surface area contributed by atoms with Crippen LogP contribution in [-0.2, 0) is 23.1 Å². The number of ether oxygens (including phenoxy) is 2. The third-order valence-corrected chi connectivity index (χ3v) is 7.18. The van der Waals surface area contributed by atoms with Crippen molar-refractivity contribution >= 4 is 12.1 Å². The van der Waals surface area contributed by atoms with Gasteiger partial charge in [-0.2, -0.15) is 0 Å². The van der Waals surface area contributed by atoms with Crippen molar-refractivity contribution in [2.45, 2.75) is 71.6 Å². The summed E-state index contributed by atoms with van der Waals surface area (Å²) in [7, 11) is 1.64. The third-order valence-electron chi connectivity index (χ3n) is 7.18. The second-order valence-electron chi connectivity index (χ2n) is 12.4. The Morgan fingerprint density at radius 2 is 1.68 bits per heavy atom. The van der Waals surface area contributed by atoms with Crippen LogP contribution in [0.4, 0.5) is 9.59 Å². The van der Waals surface area contributed by atoms with Crippen LogP contribution in [0.1, 0.15) is 64.3 Å². The molecule has 0 spiro atoms. The predicted molar refractivity (Wildman–Crippen MR) is 159 cm³/mol. The van der Waals surface area contributed by atoms with Gasteiger partial charge in [-0.1, -0.05) is 57.2 Å². The number of rotatable bonds is 9. The molecule has 3 amide bonds. The maximum atomic E-state index is 14.1. The molecule has 1 atom stereocenters. The Morgan fingerprint density at radius 3 is 2.24 bits per heavy atom. The van der Waals surface area contributed by atoms with Crippen molar-refractivity contribution in [2.75, 3.05) is 26.7 Å².